The molecule has 0 bridgehead atoms. The fourth-order valence-electron chi connectivity index (χ4n) is 0. The second kappa shape index (κ2) is 6.12. The second-order valence-electron chi connectivity index (χ2n) is 0.523. The fourth-order valence-corrected chi connectivity index (χ4v) is 0. The van der Waals surface area contributed by atoms with Crippen LogP contribution in [-0.4, -0.2) is 36.8 Å². The summed E-state index contributed by atoms with van der Waals surface area (Å²) < 4.78 is 0.505. The molecular weight excluding hydrogens is 311 g/mol. The van der Waals surface area contributed by atoms with E-state index in [0.29, 0.717) is 4.32 Å². The van der Waals surface area contributed by atoms with Gasteiger partial charge in [-0.2, -0.15) is 0 Å². The maximum absolute atomic E-state index is 4.99. The predicted molar refractivity (Wildman–Crippen MR) is 40.2 cm³/mol. The Morgan fingerprint density at radius 2 is 2.00 bits per heavy atom. The van der Waals surface area contributed by atoms with Crippen LogP contribution in [0.3, 0.4) is 0 Å². The minimum absolute atomic E-state index is 0. The molecule has 0 rings (SSSR count). The molecule has 6 heavy (non-hydrogen) atoms. The average molecular weight is 319 g/mol. The fraction of sp³-hybridized carbons (Fsp3) is 0.500. The first-order valence-corrected chi connectivity index (χ1v) is 2.74. The van der Waals surface area contributed by atoms with Crippen LogP contribution in [0.2, 0.25) is 0 Å². The van der Waals surface area contributed by atoms with Crippen LogP contribution in [0, 0.1) is 0 Å². The van der Waals surface area contributed by atoms with Crippen LogP contribution in [0.4, 0.5) is 0 Å². The quantitative estimate of drug-likeness (QED) is 0.477. The van der Waals surface area contributed by atoms with Crippen LogP contribution in [0.5, 0.6) is 0 Å². The van der Waals surface area contributed by atoms with Gasteiger partial charge >= 0.3 is 26.2 Å². The van der Waals surface area contributed by atoms with E-state index in [1.165, 1.54) is 11.8 Å². The van der Waals surface area contributed by atoms with Crippen LogP contribution >= 0.6 is 24.0 Å². The molecular formula is C2H8BiNS2. The van der Waals surface area contributed by atoms with Crippen LogP contribution in [0.25, 0.3) is 0 Å². The zero-order valence-corrected chi connectivity index (χ0v) is 10.7. The summed E-state index contributed by atoms with van der Waals surface area (Å²) >= 11 is 5.83. The Labute approximate surface area is 66.2 Å². The second-order valence-corrected chi connectivity index (χ2v) is 2.07. The number of hydrogen-bond donors (Lipinski definition) is 1. The summed E-state index contributed by atoms with van der Waals surface area (Å²) in [4.78, 5) is 0. The topological polar surface area (TPSA) is 26.0 Å². The van der Waals surface area contributed by atoms with E-state index in [1.54, 1.807) is 0 Å². The Morgan fingerprint density at radius 1 is 1.83 bits per heavy atom. The minimum atomic E-state index is 0. The van der Waals surface area contributed by atoms with Gasteiger partial charge in [-0.15, -0.1) is 11.8 Å². The summed E-state index contributed by atoms with van der Waals surface area (Å²) in [5, 5.41) is 0. The SMILES string of the molecule is CSC(N)=S.[BiH3]. The number of hydrogen-bond acceptors (Lipinski definition) is 2. The molecule has 0 unspecified atom stereocenters. The van der Waals surface area contributed by atoms with Gasteiger partial charge in [0.15, 0.2) is 0 Å². The van der Waals surface area contributed by atoms with Gasteiger partial charge in [0.1, 0.15) is 4.32 Å². The summed E-state index contributed by atoms with van der Waals surface area (Å²) in [6, 6.07) is 0. The molecule has 0 aromatic heterocycles. The number of thioether (sulfide) groups is 1. The molecule has 4 heteroatoms. The van der Waals surface area contributed by atoms with E-state index in [4.69, 9.17) is 5.73 Å². The average Bonchev–Trinajstić information content (AvgIpc) is 1.38. The molecule has 0 aliphatic heterocycles. The Morgan fingerprint density at radius 3 is 2.00 bits per heavy atom. The van der Waals surface area contributed by atoms with Crippen molar-refractivity contribution in [3.8, 4) is 0 Å². The third kappa shape index (κ3) is 8.93. The van der Waals surface area contributed by atoms with Crippen molar-refractivity contribution in [2.45, 2.75) is 0 Å². The molecule has 1 nitrogen and oxygen atoms in total. The molecule has 0 saturated heterocycles. The van der Waals surface area contributed by atoms with Crippen LogP contribution < -0.4 is 5.73 Å². The Kier molecular flexibility index (Phi) is 10.4. The van der Waals surface area contributed by atoms with E-state index in [0.717, 1.165) is 0 Å². The van der Waals surface area contributed by atoms with E-state index >= 15 is 0 Å². The molecule has 0 aromatic carbocycles. The molecule has 0 amide bonds. The Bertz CT molecular complexity index is 46.8. The monoisotopic (exact) mass is 319 g/mol. The van der Waals surface area contributed by atoms with Gasteiger partial charge in [0, 0.05) is 0 Å². The van der Waals surface area contributed by atoms with Crippen molar-refractivity contribution >= 4 is 54.5 Å². The van der Waals surface area contributed by atoms with E-state index in [-0.39, 0.29) is 26.2 Å². The summed E-state index contributed by atoms with van der Waals surface area (Å²) in [7, 11) is 0. The van der Waals surface area contributed by atoms with Crippen molar-refractivity contribution in [2.24, 2.45) is 5.73 Å². The van der Waals surface area contributed by atoms with Gasteiger partial charge in [-0.25, -0.2) is 0 Å². The normalized spacial score (nSPS) is 6.17. The first kappa shape index (κ1) is 10.2. The third-order valence-electron chi connectivity index (χ3n) is 0.201. The first-order valence-electron chi connectivity index (χ1n) is 1.11. The van der Waals surface area contributed by atoms with E-state index in [9.17, 15) is 0 Å². The van der Waals surface area contributed by atoms with Crippen molar-refractivity contribution < 1.29 is 0 Å². The molecule has 38 valence electrons. The van der Waals surface area contributed by atoms with Gasteiger partial charge < -0.3 is 5.73 Å². The number of thiocarbonyl (C=S) groups is 1. The van der Waals surface area contributed by atoms with Crippen LogP contribution in [0.1, 0.15) is 0 Å². The maximum atomic E-state index is 4.99. The van der Waals surface area contributed by atoms with Crippen LogP contribution in [-0.2, 0) is 0 Å². The van der Waals surface area contributed by atoms with Crippen molar-refractivity contribution in [2.75, 3.05) is 6.26 Å². The molecule has 0 spiro atoms. The molecule has 2 N–H and O–H groups in total. The summed E-state index contributed by atoms with van der Waals surface area (Å²) in [6.45, 7) is 0. The first-order chi connectivity index (χ1) is 2.27. The molecule has 0 saturated carbocycles. The molecule has 0 aliphatic rings. The Hall–Kier alpha value is 1.12. The van der Waals surface area contributed by atoms with Gasteiger partial charge in [0.2, 0.25) is 0 Å². The zero-order chi connectivity index (χ0) is 4.28. The zero-order valence-electron chi connectivity index (χ0n) is 3.60. The van der Waals surface area contributed by atoms with E-state index in [2.05, 4.69) is 12.2 Å². The Balaban J connectivity index is 0. The van der Waals surface area contributed by atoms with E-state index in [1.807, 2.05) is 6.26 Å². The summed E-state index contributed by atoms with van der Waals surface area (Å²) in [6.07, 6.45) is 1.85. The van der Waals surface area contributed by atoms with Crippen molar-refractivity contribution in [3.63, 3.8) is 0 Å². The number of rotatable bonds is 0. The molecule has 0 atom stereocenters. The predicted octanol–water partition coefficient (Wildman–Crippen LogP) is -0.591. The van der Waals surface area contributed by atoms with Crippen molar-refractivity contribution in [1.82, 2.24) is 0 Å². The van der Waals surface area contributed by atoms with Crippen molar-refractivity contribution in [1.29, 1.82) is 0 Å². The molecule has 0 aliphatic carbocycles. The third-order valence-corrected chi connectivity index (χ3v) is 1.10. The van der Waals surface area contributed by atoms with Crippen molar-refractivity contribution in [3.05, 3.63) is 0 Å². The van der Waals surface area contributed by atoms with Gasteiger partial charge in [-0.3, -0.25) is 0 Å². The van der Waals surface area contributed by atoms with Crippen LogP contribution in [0.15, 0.2) is 0 Å². The molecule has 0 fully saturated rings. The van der Waals surface area contributed by atoms with Gasteiger partial charge in [0.05, 0.1) is 0 Å². The van der Waals surface area contributed by atoms with Gasteiger partial charge in [-0.1, -0.05) is 12.2 Å². The van der Waals surface area contributed by atoms with E-state index < -0.39 is 0 Å². The summed E-state index contributed by atoms with van der Waals surface area (Å²) in [5.74, 6) is 0. The van der Waals surface area contributed by atoms with Gasteiger partial charge in [-0.05, 0) is 6.26 Å². The standard InChI is InChI=1S/C2H5NS2.Bi.3H/c1-5-2(3)4;;;;/h1H3,(H2,3,4);;;;. The molecule has 0 radical (unpaired) electrons. The van der Waals surface area contributed by atoms with Gasteiger partial charge in [0.25, 0.3) is 0 Å². The summed E-state index contributed by atoms with van der Waals surface area (Å²) in [5.41, 5.74) is 4.99. The molecule has 0 heterocycles. The molecule has 0 aromatic rings. The number of nitrogens with two attached hydrogens (primary N) is 1.